The average Bonchev–Trinajstić information content (AvgIpc) is 2.60. The second kappa shape index (κ2) is 12.2. The van der Waals surface area contributed by atoms with E-state index in [-0.39, 0.29) is 18.6 Å². The predicted molar refractivity (Wildman–Crippen MR) is 101 cm³/mol. The first-order chi connectivity index (χ1) is 12.9. The van der Waals surface area contributed by atoms with Crippen LogP contribution in [0.5, 0.6) is 0 Å². The molecule has 9 N–H and O–H groups in total. The van der Waals surface area contributed by atoms with Gasteiger partial charge in [0, 0.05) is 12.2 Å². The lowest BCUT2D eigenvalue weighted by Gasteiger charge is -2.23. The largest absolute Gasteiger partial charge is 0.480 e. The van der Waals surface area contributed by atoms with Gasteiger partial charge in [0.15, 0.2) is 0 Å². The highest BCUT2D eigenvalue weighted by molar-refractivity contribution is 7.80. The first-order valence-corrected chi connectivity index (χ1v) is 9.00. The quantitative estimate of drug-likeness (QED) is 0.147. The number of hydrogen-bond donors (Lipinski definition) is 8. The Morgan fingerprint density at radius 2 is 1.50 bits per heavy atom. The van der Waals surface area contributed by atoms with Crippen LogP contribution in [0.15, 0.2) is 0 Å². The summed E-state index contributed by atoms with van der Waals surface area (Å²) < 4.78 is 0. The normalized spacial score (nSPS) is 16.0. The van der Waals surface area contributed by atoms with Crippen LogP contribution in [0.4, 0.5) is 0 Å². The molecule has 0 bridgehead atoms. The SMILES string of the molecule is CC(NC(=O)C(CS)NC(=O)C(N)C(C)O)C(=O)NC(CCC(N)=O)C(=O)O. The Balaban J connectivity index is 4.82. The third kappa shape index (κ3) is 9.01. The summed E-state index contributed by atoms with van der Waals surface area (Å²) in [5.74, 6) is -4.54. The number of rotatable bonds is 12. The van der Waals surface area contributed by atoms with Crippen LogP contribution in [0.1, 0.15) is 26.7 Å². The smallest absolute Gasteiger partial charge is 0.326 e. The molecule has 0 aromatic heterocycles. The first kappa shape index (κ1) is 25.6. The molecule has 160 valence electrons. The Morgan fingerprint density at radius 3 is 1.93 bits per heavy atom. The Morgan fingerprint density at radius 1 is 0.964 bits per heavy atom. The lowest BCUT2D eigenvalue weighted by atomic mass is 10.1. The molecule has 0 spiro atoms. The highest BCUT2D eigenvalue weighted by Crippen LogP contribution is 2.00. The van der Waals surface area contributed by atoms with Gasteiger partial charge >= 0.3 is 5.97 Å². The van der Waals surface area contributed by atoms with Crippen molar-refractivity contribution in [1.82, 2.24) is 16.0 Å². The van der Waals surface area contributed by atoms with Crippen LogP contribution in [0.25, 0.3) is 0 Å². The number of hydrogen-bond acceptors (Lipinski definition) is 8. The van der Waals surface area contributed by atoms with E-state index in [2.05, 4.69) is 28.6 Å². The fourth-order valence-corrected chi connectivity index (χ4v) is 2.16. The number of carbonyl (C=O) groups excluding carboxylic acids is 4. The molecule has 0 saturated heterocycles. The van der Waals surface area contributed by atoms with E-state index in [0.717, 1.165) is 0 Å². The molecule has 0 aromatic carbocycles. The van der Waals surface area contributed by atoms with Gasteiger partial charge in [0.05, 0.1) is 6.10 Å². The third-order valence-corrected chi connectivity index (χ3v) is 4.05. The number of aliphatic hydroxyl groups excluding tert-OH is 1. The van der Waals surface area contributed by atoms with Crippen LogP contribution in [0.3, 0.4) is 0 Å². The predicted octanol–water partition coefficient (Wildman–Crippen LogP) is -3.55. The van der Waals surface area contributed by atoms with Crippen molar-refractivity contribution in [1.29, 1.82) is 0 Å². The van der Waals surface area contributed by atoms with Gasteiger partial charge in [0.2, 0.25) is 23.6 Å². The highest BCUT2D eigenvalue weighted by Gasteiger charge is 2.28. The molecular formula is C15H27N5O7S. The van der Waals surface area contributed by atoms with Crippen molar-refractivity contribution in [3.63, 3.8) is 0 Å². The molecule has 5 atom stereocenters. The van der Waals surface area contributed by atoms with Crippen LogP contribution in [0.2, 0.25) is 0 Å². The number of nitrogens with one attached hydrogen (secondary N) is 3. The minimum absolute atomic E-state index is 0.116. The fourth-order valence-electron chi connectivity index (χ4n) is 1.90. The van der Waals surface area contributed by atoms with Crippen molar-refractivity contribution in [3.8, 4) is 0 Å². The molecule has 4 amide bonds. The maximum atomic E-state index is 12.2. The number of carbonyl (C=O) groups is 5. The zero-order chi connectivity index (χ0) is 22.0. The number of carboxylic acids is 1. The summed E-state index contributed by atoms with van der Waals surface area (Å²) in [7, 11) is 0. The van der Waals surface area contributed by atoms with Gasteiger partial charge in [-0.05, 0) is 20.3 Å². The summed E-state index contributed by atoms with van der Waals surface area (Å²) in [6, 6.07) is -4.89. The van der Waals surface area contributed by atoms with Gasteiger partial charge in [-0.15, -0.1) is 0 Å². The van der Waals surface area contributed by atoms with Crippen LogP contribution in [-0.2, 0) is 24.0 Å². The maximum Gasteiger partial charge on any atom is 0.326 e. The minimum Gasteiger partial charge on any atom is -0.480 e. The number of amides is 4. The summed E-state index contributed by atoms with van der Waals surface area (Å²) in [6.45, 7) is 2.61. The Hall–Kier alpha value is -2.38. The molecule has 0 aromatic rings. The summed E-state index contributed by atoms with van der Waals surface area (Å²) in [4.78, 5) is 58.1. The van der Waals surface area contributed by atoms with E-state index in [9.17, 15) is 29.1 Å². The molecule has 0 fully saturated rings. The fraction of sp³-hybridized carbons (Fsp3) is 0.667. The number of thiol groups is 1. The number of aliphatic carboxylic acids is 1. The first-order valence-electron chi connectivity index (χ1n) is 8.37. The van der Waals surface area contributed by atoms with E-state index in [0.29, 0.717) is 0 Å². The molecule has 0 aliphatic carbocycles. The topological polar surface area (TPSA) is 214 Å². The average molecular weight is 421 g/mol. The second-order valence-corrected chi connectivity index (χ2v) is 6.51. The Kier molecular flexibility index (Phi) is 11.1. The van der Waals surface area contributed by atoms with Gasteiger partial charge in [-0.2, -0.15) is 12.6 Å². The van der Waals surface area contributed by atoms with Gasteiger partial charge in [-0.1, -0.05) is 0 Å². The van der Waals surface area contributed by atoms with Crippen LogP contribution < -0.4 is 27.4 Å². The van der Waals surface area contributed by atoms with E-state index in [1.807, 2.05) is 0 Å². The summed E-state index contributed by atoms with van der Waals surface area (Å²) >= 11 is 3.95. The standard InChI is InChI=1S/C15H27N5O7S/c1-6(12(23)19-8(15(26)27)3-4-10(16)22)18-13(24)9(5-28)20-14(25)11(17)7(2)21/h6-9,11,21,28H,3-5,17H2,1-2H3,(H2,16,22)(H,18,24)(H,19,23)(H,20,25)(H,26,27). The van der Waals surface area contributed by atoms with E-state index in [1.54, 1.807) is 0 Å². The number of carboxylic acid groups (broad SMARTS) is 1. The van der Waals surface area contributed by atoms with Crippen LogP contribution in [0, 0.1) is 0 Å². The van der Waals surface area contributed by atoms with Crippen molar-refractivity contribution in [2.45, 2.75) is 57.0 Å². The Labute approximate surface area is 167 Å². The summed E-state index contributed by atoms with van der Waals surface area (Å²) in [5.41, 5.74) is 10.4. The van der Waals surface area contributed by atoms with Gasteiger partial charge in [0.1, 0.15) is 24.2 Å². The van der Waals surface area contributed by atoms with Crippen molar-refractivity contribution in [2.75, 3.05) is 5.75 Å². The molecule has 13 heteroatoms. The van der Waals surface area contributed by atoms with Crippen molar-refractivity contribution in [2.24, 2.45) is 11.5 Å². The van der Waals surface area contributed by atoms with Crippen LogP contribution >= 0.6 is 12.6 Å². The molecule has 0 heterocycles. The van der Waals surface area contributed by atoms with E-state index < -0.39 is 59.9 Å². The van der Waals surface area contributed by atoms with Crippen LogP contribution in [-0.4, -0.2) is 75.8 Å². The van der Waals surface area contributed by atoms with E-state index in [1.165, 1.54) is 13.8 Å². The molecule has 0 aliphatic rings. The molecule has 28 heavy (non-hydrogen) atoms. The number of aliphatic hydroxyl groups is 1. The number of nitrogens with two attached hydrogens (primary N) is 2. The zero-order valence-electron chi connectivity index (χ0n) is 15.5. The molecule has 0 aliphatic heterocycles. The number of primary amides is 1. The molecule has 12 nitrogen and oxygen atoms in total. The monoisotopic (exact) mass is 421 g/mol. The molecule has 0 rings (SSSR count). The third-order valence-electron chi connectivity index (χ3n) is 3.68. The van der Waals surface area contributed by atoms with Gasteiger partial charge < -0.3 is 37.6 Å². The van der Waals surface area contributed by atoms with E-state index in [4.69, 9.17) is 16.6 Å². The lowest BCUT2D eigenvalue weighted by Crippen LogP contribution is -2.58. The van der Waals surface area contributed by atoms with Crippen molar-refractivity contribution < 1.29 is 34.2 Å². The lowest BCUT2D eigenvalue weighted by molar-refractivity contribution is -0.142. The van der Waals surface area contributed by atoms with Crippen molar-refractivity contribution >= 4 is 42.2 Å². The molecule has 5 unspecified atom stereocenters. The Bertz CT molecular complexity index is 601. The molecular weight excluding hydrogens is 394 g/mol. The van der Waals surface area contributed by atoms with Crippen molar-refractivity contribution in [3.05, 3.63) is 0 Å². The highest BCUT2D eigenvalue weighted by atomic mass is 32.1. The summed E-state index contributed by atoms with van der Waals surface area (Å²) in [5, 5.41) is 25.2. The minimum atomic E-state index is -1.36. The maximum absolute atomic E-state index is 12.2. The second-order valence-electron chi connectivity index (χ2n) is 6.14. The van der Waals surface area contributed by atoms with Gasteiger partial charge in [0.25, 0.3) is 0 Å². The molecule has 0 saturated carbocycles. The van der Waals surface area contributed by atoms with Gasteiger partial charge in [-0.3, -0.25) is 19.2 Å². The van der Waals surface area contributed by atoms with E-state index >= 15 is 0 Å². The zero-order valence-corrected chi connectivity index (χ0v) is 16.4. The summed E-state index contributed by atoms with van der Waals surface area (Å²) in [6.07, 6.45) is -1.58. The molecule has 0 radical (unpaired) electrons. The van der Waals surface area contributed by atoms with Gasteiger partial charge in [-0.25, -0.2) is 4.79 Å².